The number of hydrogen-bond donors (Lipinski definition) is 0. The summed E-state index contributed by atoms with van der Waals surface area (Å²) in [6.45, 7) is 2.91. The van der Waals surface area contributed by atoms with Crippen LogP contribution in [0.1, 0.15) is 30.1 Å². The quantitative estimate of drug-likeness (QED) is 0.836. The Balaban J connectivity index is 2.20. The third-order valence-electron chi connectivity index (χ3n) is 3.14. The number of pyridine rings is 1. The van der Waals surface area contributed by atoms with Gasteiger partial charge >= 0.3 is 0 Å². The largest absolute Gasteiger partial charge is 0.326 e. The van der Waals surface area contributed by atoms with Gasteiger partial charge in [-0.3, -0.25) is 9.59 Å². The van der Waals surface area contributed by atoms with Crippen molar-refractivity contribution in [3.63, 3.8) is 0 Å². The number of rotatable bonds is 3. The van der Waals surface area contributed by atoms with Crippen LogP contribution in [0.4, 0.5) is 0 Å². The van der Waals surface area contributed by atoms with Crippen LogP contribution in [0.5, 0.6) is 0 Å². The number of aryl methyl sites for hydroxylation is 1. The molecule has 2 rings (SSSR count). The molecule has 0 spiro atoms. The molecule has 18 heavy (non-hydrogen) atoms. The molecule has 1 aromatic heterocycles. The predicted octanol–water partition coefficient (Wildman–Crippen LogP) is 1.70. The molecule has 4 nitrogen and oxygen atoms in total. The molecule has 0 bridgehead atoms. The van der Waals surface area contributed by atoms with Crippen molar-refractivity contribution >= 4 is 17.7 Å². The summed E-state index contributed by atoms with van der Waals surface area (Å²) in [5, 5.41) is 0.270. The molecular weight excluding hydrogens is 248 g/mol. The Labute approximate surface area is 111 Å². The van der Waals surface area contributed by atoms with E-state index in [4.69, 9.17) is 0 Å². The molecule has 0 aliphatic carbocycles. The maximum atomic E-state index is 12.4. The van der Waals surface area contributed by atoms with Gasteiger partial charge in [0.2, 0.25) is 0 Å². The van der Waals surface area contributed by atoms with E-state index < -0.39 is 0 Å². The molecule has 2 heterocycles. The minimum atomic E-state index is -0.139. The second-order valence-electron chi connectivity index (χ2n) is 4.48. The summed E-state index contributed by atoms with van der Waals surface area (Å²) in [6, 6.07) is 3.14. The summed E-state index contributed by atoms with van der Waals surface area (Å²) >= 11 is 1.83. The molecule has 1 amide bonds. The average molecular weight is 266 g/mol. The molecule has 0 N–H and O–H groups in total. The highest BCUT2D eigenvalue weighted by molar-refractivity contribution is 8.00. The van der Waals surface area contributed by atoms with Crippen molar-refractivity contribution < 1.29 is 4.79 Å². The molecule has 1 atom stereocenters. The number of carbonyl (C=O) groups excluding carboxylic acids is 1. The lowest BCUT2D eigenvalue weighted by Crippen LogP contribution is -2.35. The van der Waals surface area contributed by atoms with Crippen molar-refractivity contribution in [3.05, 3.63) is 34.2 Å². The van der Waals surface area contributed by atoms with Gasteiger partial charge in [-0.25, -0.2) is 0 Å². The molecule has 5 heteroatoms. The number of amides is 1. The van der Waals surface area contributed by atoms with Gasteiger partial charge in [-0.1, -0.05) is 13.3 Å². The number of aromatic nitrogens is 1. The molecule has 98 valence electrons. The molecule has 1 aliphatic rings. The zero-order chi connectivity index (χ0) is 13.1. The minimum Gasteiger partial charge on any atom is -0.326 e. The van der Waals surface area contributed by atoms with Gasteiger partial charge in [0.25, 0.3) is 11.5 Å². The van der Waals surface area contributed by atoms with Crippen LogP contribution < -0.4 is 5.56 Å². The van der Waals surface area contributed by atoms with Gasteiger partial charge in [0, 0.05) is 37.2 Å². The van der Waals surface area contributed by atoms with E-state index in [9.17, 15) is 9.59 Å². The van der Waals surface area contributed by atoms with Crippen molar-refractivity contribution in [1.29, 1.82) is 0 Å². The van der Waals surface area contributed by atoms with E-state index in [0.29, 0.717) is 5.56 Å². The fourth-order valence-electron chi connectivity index (χ4n) is 2.09. The SMILES string of the molecule is CCC[C@@H]1SCCN1C(=O)c1ccn(C)c(=O)c1. The van der Waals surface area contributed by atoms with Crippen LogP contribution in [0.15, 0.2) is 23.1 Å². The highest BCUT2D eigenvalue weighted by Crippen LogP contribution is 2.28. The lowest BCUT2D eigenvalue weighted by molar-refractivity contribution is 0.0756. The normalized spacial score (nSPS) is 19.2. The molecule has 0 radical (unpaired) electrons. The maximum absolute atomic E-state index is 12.4. The highest BCUT2D eigenvalue weighted by Gasteiger charge is 2.29. The van der Waals surface area contributed by atoms with Crippen molar-refractivity contribution in [2.45, 2.75) is 25.1 Å². The number of hydrogen-bond acceptors (Lipinski definition) is 3. The van der Waals surface area contributed by atoms with E-state index >= 15 is 0 Å². The Morgan fingerprint density at radius 1 is 1.56 bits per heavy atom. The zero-order valence-electron chi connectivity index (χ0n) is 10.8. The molecular formula is C13H18N2O2S. The summed E-state index contributed by atoms with van der Waals surface area (Å²) in [6.07, 6.45) is 3.73. The average Bonchev–Trinajstić information content (AvgIpc) is 2.80. The fraction of sp³-hybridized carbons (Fsp3) is 0.538. The Bertz CT molecular complexity index is 498. The lowest BCUT2D eigenvalue weighted by Gasteiger charge is -2.23. The van der Waals surface area contributed by atoms with Gasteiger partial charge in [0.1, 0.15) is 0 Å². The smallest absolute Gasteiger partial charge is 0.255 e. The van der Waals surface area contributed by atoms with Crippen LogP contribution >= 0.6 is 11.8 Å². The molecule has 0 saturated carbocycles. The standard InChI is InChI=1S/C13H18N2O2S/c1-3-4-12-15(7-8-18-12)13(17)10-5-6-14(2)11(16)9-10/h5-6,9,12H,3-4,7-8H2,1-2H3/t12-/m0/s1. The summed E-state index contributed by atoms with van der Waals surface area (Å²) in [5.41, 5.74) is 0.362. The van der Waals surface area contributed by atoms with Gasteiger partial charge in [-0.2, -0.15) is 0 Å². The Hall–Kier alpha value is -1.23. The number of carbonyl (C=O) groups is 1. The van der Waals surface area contributed by atoms with Crippen molar-refractivity contribution in [2.75, 3.05) is 12.3 Å². The third-order valence-corrected chi connectivity index (χ3v) is 4.43. The summed E-state index contributed by atoms with van der Waals surface area (Å²) in [5.74, 6) is 0.970. The summed E-state index contributed by atoms with van der Waals surface area (Å²) in [4.78, 5) is 25.8. The molecule has 1 saturated heterocycles. The van der Waals surface area contributed by atoms with Crippen LogP contribution in [-0.2, 0) is 7.05 Å². The molecule has 1 aromatic rings. The first kappa shape index (κ1) is 13.2. The molecule has 0 aromatic carbocycles. The van der Waals surface area contributed by atoms with Crippen molar-refractivity contribution in [3.8, 4) is 0 Å². The molecule has 1 fully saturated rings. The second kappa shape index (κ2) is 5.61. The van der Waals surface area contributed by atoms with Gasteiger partial charge in [0.05, 0.1) is 5.37 Å². The van der Waals surface area contributed by atoms with E-state index in [0.717, 1.165) is 25.1 Å². The van der Waals surface area contributed by atoms with Gasteiger partial charge in [0.15, 0.2) is 0 Å². The van der Waals surface area contributed by atoms with Crippen LogP contribution in [0.25, 0.3) is 0 Å². The molecule has 1 aliphatic heterocycles. The van der Waals surface area contributed by atoms with E-state index in [1.165, 1.54) is 10.6 Å². The summed E-state index contributed by atoms with van der Waals surface area (Å²) in [7, 11) is 1.68. The topological polar surface area (TPSA) is 42.3 Å². The van der Waals surface area contributed by atoms with Crippen LogP contribution in [-0.4, -0.2) is 33.0 Å². The lowest BCUT2D eigenvalue weighted by atomic mass is 10.2. The first-order valence-corrected chi connectivity index (χ1v) is 7.27. The first-order chi connectivity index (χ1) is 8.63. The maximum Gasteiger partial charge on any atom is 0.255 e. The minimum absolute atomic E-state index is 0.0175. The van der Waals surface area contributed by atoms with E-state index in [1.54, 1.807) is 19.3 Å². The van der Waals surface area contributed by atoms with E-state index in [2.05, 4.69) is 6.92 Å². The van der Waals surface area contributed by atoms with E-state index in [1.807, 2.05) is 16.7 Å². The third kappa shape index (κ3) is 2.61. The van der Waals surface area contributed by atoms with E-state index in [-0.39, 0.29) is 16.8 Å². The van der Waals surface area contributed by atoms with Crippen LogP contribution in [0, 0.1) is 0 Å². The van der Waals surface area contributed by atoms with Gasteiger partial charge < -0.3 is 9.47 Å². The fourth-order valence-corrected chi connectivity index (χ4v) is 3.44. The Morgan fingerprint density at radius 3 is 3.00 bits per heavy atom. The van der Waals surface area contributed by atoms with Crippen LogP contribution in [0.3, 0.4) is 0 Å². The monoisotopic (exact) mass is 266 g/mol. The van der Waals surface area contributed by atoms with Crippen molar-refractivity contribution in [2.24, 2.45) is 7.05 Å². The molecule has 0 unspecified atom stereocenters. The Kier molecular flexibility index (Phi) is 4.11. The first-order valence-electron chi connectivity index (χ1n) is 6.22. The zero-order valence-corrected chi connectivity index (χ0v) is 11.6. The number of thioether (sulfide) groups is 1. The van der Waals surface area contributed by atoms with Crippen molar-refractivity contribution in [1.82, 2.24) is 9.47 Å². The van der Waals surface area contributed by atoms with Gasteiger partial charge in [-0.15, -0.1) is 11.8 Å². The number of nitrogens with zero attached hydrogens (tertiary/aromatic N) is 2. The van der Waals surface area contributed by atoms with Crippen LogP contribution in [0.2, 0.25) is 0 Å². The van der Waals surface area contributed by atoms with Gasteiger partial charge in [-0.05, 0) is 12.5 Å². The predicted molar refractivity (Wildman–Crippen MR) is 73.9 cm³/mol. The summed E-state index contributed by atoms with van der Waals surface area (Å²) < 4.78 is 1.47. The Morgan fingerprint density at radius 2 is 2.33 bits per heavy atom. The highest BCUT2D eigenvalue weighted by atomic mass is 32.2. The second-order valence-corrected chi connectivity index (χ2v) is 5.76.